The third-order valence-corrected chi connectivity index (χ3v) is 4.05. The van der Waals surface area contributed by atoms with E-state index < -0.39 is 12.1 Å². The Bertz CT molecular complexity index is 235. The van der Waals surface area contributed by atoms with E-state index in [0.717, 1.165) is 19.3 Å². The number of aliphatic carboxylic acids is 1. The first-order valence-electron chi connectivity index (χ1n) is 5.79. The fourth-order valence-corrected chi connectivity index (χ4v) is 2.62. The van der Waals surface area contributed by atoms with Crippen molar-refractivity contribution >= 4 is 5.97 Å². The van der Waals surface area contributed by atoms with Crippen molar-refractivity contribution in [2.75, 3.05) is 0 Å². The van der Waals surface area contributed by atoms with Gasteiger partial charge in [0.25, 0.3) is 0 Å². The molecule has 1 aliphatic rings. The molecule has 1 saturated carbocycles. The zero-order chi connectivity index (χ0) is 11.6. The summed E-state index contributed by atoms with van der Waals surface area (Å²) in [6.45, 7) is 6.36. The Labute approximate surface area is 91.5 Å². The number of aliphatic hydroxyl groups excluding tert-OH is 1. The summed E-state index contributed by atoms with van der Waals surface area (Å²) in [5, 5.41) is 18.7. The molecule has 1 aliphatic carbocycles. The number of carboxylic acid groups (broad SMARTS) is 1. The number of carbonyl (C=O) groups is 1. The van der Waals surface area contributed by atoms with Gasteiger partial charge in [-0.05, 0) is 30.6 Å². The molecule has 88 valence electrons. The van der Waals surface area contributed by atoms with E-state index in [1.54, 1.807) is 0 Å². The summed E-state index contributed by atoms with van der Waals surface area (Å²) in [7, 11) is 0. The zero-order valence-corrected chi connectivity index (χ0v) is 9.86. The van der Waals surface area contributed by atoms with Crippen LogP contribution in [0.2, 0.25) is 0 Å². The average molecular weight is 214 g/mol. The third-order valence-electron chi connectivity index (χ3n) is 4.05. The molecule has 0 bridgehead atoms. The van der Waals surface area contributed by atoms with Crippen LogP contribution in [0.15, 0.2) is 0 Å². The molecular formula is C12H22O3. The monoisotopic (exact) mass is 214 g/mol. The Balaban J connectivity index is 2.81. The van der Waals surface area contributed by atoms with Crippen LogP contribution in [0, 0.1) is 17.3 Å². The van der Waals surface area contributed by atoms with Crippen molar-refractivity contribution in [1.82, 2.24) is 0 Å². The normalized spacial score (nSPS) is 32.7. The van der Waals surface area contributed by atoms with E-state index in [0.29, 0.717) is 6.42 Å². The van der Waals surface area contributed by atoms with Crippen LogP contribution >= 0.6 is 0 Å². The van der Waals surface area contributed by atoms with Crippen molar-refractivity contribution in [3.8, 4) is 0 Å². The van der Waals surface area contributed by atoms with E-state index in [9.17, 15) is 15.0 Å². The summed E-state index contributed by atoms with van der Waals surface area (Å²) in [6.07, 6.45) is 2.56. The van der Waals surface area contributed by atoms with E-state index in [4.69, 9.17) is 0 Å². The molecule has 0 heterocycles. The summed E-state index contributed by atoms with van der Waals surface area (Å²) in [5.74, 6) is -0.924. The molecule has 0 amide bonds. The van der Waals surface area contributed by atoms with Gasteiger partial charge in [0.1, 0.15) is 0 Å². The SMILES string of the molecule is CCC(C)(C)C1CCC(O)CC1C(=O)O. The molecule has 0 aromatic rings. The minimum Gasteiger partial charge on any atom is -0.481 e. The molecule has 0 aromatic carbocycles. The van der Waals surface area contributed by atoms with Gasteiger partial charge in [0.15, 0.2) is 0 Å². The van der Waals surface area contributed by atoms with E-state index in [2.05, 4.69) is 20.8 Å². The number of rotatable bonds is 3. The smallest absolute Gasteiger partial charge is 0.306 e. The lowest BCUT2D eigenvalue weighted by molar-refractivity contribution is -0.149. The van der Waals surface area contributed by atoms with E-state index >= 15 is 0 Å². The predicted molar refractivity (Wildman–Crippen MR) is 58.5 cm³/mol. The molecule has 0 saturated heterocycles. The summed E-state index contributed by atoms with van der Waals surface area (Å²) in [6, 6.07) is 0. The molecule has 1 rings (SSSR count). The van der Waals surface area contributed by atoms with Crippen LogP contribution in [-0.2, 0) is 4.79 Å². The molecule has 3 atom stereocenters. The Morgan fingerprint density at radius 1 is 1.40 bits per heavy atom. The second-order valence-electron chi connectivity index (χ2n) is 5.36. The lowest BCUT2D eigenvalue weighted by atomic mass is 9.64. The van der Waals surface area contributed by atoms with Crippen molar-refractivity contribution in [2.24, 2.45) is 17.3 Å². The van der Waals surface area contributed by atoms with E-state index in [-0.39, 0.29) is 17.3 Å². The second kappa shape index (κ2) is 4.52. The van der Waals surface area contributed by atoms with Gasteiger partial charge in [0, 0.05) is 0 Å². The van der Waals surface area contributed by atoms with Gasteiger partial charge >= 0.3 is 5.97 Å². The van der Waals surface area contributed by atoms with Crippen LogP contribution in [0.1, 0.15) is 46.5 Å². The largest absolute Gasteiger partial charge is 0.481 e. The second-order valence-corrected chi connectivity index (χ2v) is 5.36. The van der Waals surface area contributed by atoms with Crippen LogP contribution in [0.25, 0.3) is 0 Å². The van der Waals surface area contributed by atoms with Gasteiger partial charge in [-0.15, -0.1) is 0 Å². The first-order valence-corrected chi connectivity index (χ1v) is 5.79. The maximum atomic E-state index is 11.2. The van der Waals surface area contributed by atoms with Gasteiger partial charge in [0.2, 0.25) is 0 Å². The van der Waals surface area contributed by atoms with Crippen molar-refractivity contribution < 1.29 is 15.0 Å². The molecule has 0 aromatic heterocycles. The molecule has 0 aliphatic heterocycles. The standard InChI is InChI=1S/C12H22O3/c1-4-12(2,3)10-6-5-8(13)7-9(10)11(14)15/h8-10,13H,4-7H2,1-3H3,(H,14,15). The topological polar surface area (TPSA) is 57.5 Å². The van der Waals surface area contributed by atoms with Gasteiger partial charge in [-0.3, -0.25) is 4.79 Å². The Morgan fingerprint density at radius 2 is 2.00 bits per heavy atom. The van der Waals surface area contributed by atoms with Crippen molar-refractivity contribution in [3.05, 3.63) is 0 Å². The van der Waals surface area contributed by atoms with Crippen LogP contribution in [0.4, 0.5) is 0 Å². The van der Waals surface area contributed by atoms with E-state index in [1.165, 1.54) is 0 Å². The molecule has 2 N–H and O–H groups in total. The summed E-state index contributed by atoms with van der Waals surface area (Å²) < 4.78 is 0. The number of aliphatic hydroxyl groups is 1. The summed E-state index contributed by atoms with van der Waals surface area (Å²) in [4.78, 5) is 11.2. The highest BCUT2D eigenvalue weighted by atomic mass is 16.4. The van der Waals surface area contributed by atoms with Crippen LogP contribution in [-0.4, -0.2) is 22.3 Å². The minimum atomic E-state index is -0.750. The molecule has 15 heavy (non-hydrogen) atoms. The number of hydrogen-bond acceptors (Lipinski definition) is 2. The highest BCUT2D eigenvalue weighted by molar-refractivity contribution is 5.70. The van der Waals surface area contributed by atoms with E-state index in [1.807, 2.05) is 0 Å². The van der Waals surface area contributed by atoms with Crippen molar-refractivity contribution in [3.63, 3.8) is 0 Å². The minimum absolute atomic E-state index is 0.0587. The number of hydrogen-bond donors (Lipinski definition) is 2. The van der Waals surface area contributed by atoms with Gasteiger partial charge in [0.05, 0.1) is 12.0 Å². The molecule has 0 radical (unpaired) electrons. The maximum Gasteiger partial charge on any atom is 0.306 e. The number of carboxylic acids is 1. The first-order chi connectivity index (χ1) is 6.88. The van der Waals surface area contributed by atoms with Gasteiger partial charge < -0.3 is 10.2 Å². The summed E-state index contributed by atoms with van der Waals surface area (Å²) in [5.41, 5.74) is 0.0587. The quantitative estimate of drug-likeness (QED) is 0.757. The fraction of sp³-hybridized carbons (Fsp3) is 0.917. The third kappa shape index (κ3) is 2.71. The first kappa shape index (κ1) is 12.5. The molecular weight excluding hydrogens is 192 g/mol. The van der Waals surface area contributed by atoms with Crippen molar-refractivity contribution in [2.45, 2.75) is 52.6 Å². The molecule has 3 nitrogen and oxygen atoms in total. The zero-order valence-electron chi connectivity index (χ0n) is 9.86. The molecule has 3 heteroatoms. The Hall–Kier alpha value is -0.570. The Kier molecular flexibility index (Phi) is 3.77. The molecule has 3 unspecified atom stereocenters. The lowest BCUT2D eigenvalue weighted by Gasteiger charge is -2.41. The van der Waals surface area contributed by atoms with Gasteiger partial charge in [-0.2, -0.15) is 0 Å². The van der Waals surface area contributed by atoms with Crippen LogP contribution in [0.3, 0.4) is 0 Å². The Morgan fingerprint density at radius 3 is 2.47 bits per heavy atom. The van der Waals surface area contributed by atoms with Crippen LogP contribution in [0.5, 0.6) is 0 Å². The van der Waals surface area contributed by atoms with Gasteiger partial charge in [-0.1, -0.05) is 27.2 Å². The molecule has 0 spiro atoms. The summed E-state index contributed by atoms with van der Waals surface area (Å²) >= 11 is 0. The fourth-order valence-electron chi connectivity index (χ4n) is 2.62. The lowest BCUT2D eigenvalue weighted by Crippen LogP contribution is -2.40. The van der Waals surface area contributed by atoms with Gasteiger partial charge in [-0.25, -0.2) is 0 Å². The highest BCUT2D eigenvalue weighted by Gasteiger charge is 2.41. The highest BCUT2D eigenvalue weighted by Crippen LogP contribution is 2.44. The predicted octanol–water partition coefficient (Wildman–Crippen LogP) is 2.28. The average Bonchev–Trinajstić information content (AvgIpc) is 2.17. The molecule has 1 fully saturated rings. The van der Waals surface area contributed by atoms with Crippen molar-refractivity contribution in [1.29, 1.82) is 0 Å². The maximum absolute atomic E-state index is 11.2. The van der Waals surface area contributed by atoms with Crippen LogP contribution < -0.4 is 0 Å².